The Morgan fingerprint density at radius 3 is 2.64 bits per heavy atom. The zero-order chi connectivity index (χ0) is 9.97. The lowest BCUT2D eigenvalue weighted by Crippen LogP contribution is -1.83. The number of hydrogen-bond acceptors (Lipinski definition) is 1. The summed E-state index contributed by atoms with van der Waals surface area (Å²) >= 11 is 6.12. The van der Waals surface area contributed by atoms with Crippen LogP contribution in [0.3, 0.4) is 0 Å². The normalized spacial score (nSPS) is 10.1. The smallest absolute Gasteiger partial charge is 0.0716 e. The molecule has 1 aromatic carbocycles. The Bertz CT molecular complexity index is 437. The number of nitrogens with zero attached hydrogens (tertiary/aromatic N) is 1. The molecule has 1 aromatic heterocycles. The maximum atomic E-state index is 6.12. The Morgan fingerprint density at radius 2 is 2.00 bits per heavy atom. The van der Waals surface area contributed by atoms with Crippen molar-refractivity contribution in [2.45, 2.75) is 6.92 Å². The van der Waals surface area contributed by atoms with E-state index >= 15 is 0 Å². The number of aromatic nitrogens is 1. The zero-order valence-electron chi connectivity index (χ0n) is 7.87. The van der Waals surface area contributed by atoms with Crippen molar-refractivity contribution in [2.24, 2.45) is 0 Å². The Balaban J connectivity index is 2.53. The van der Waals surface area contributed by atoms with Crippen LogP contribution in [0.25, 0.3) is 11.3 Å². The van der Waals surface area contributed by atoms with Crippen LogP contribution in [-0.4, -0.2) is 4.98 Å². The summed E-state index contributed by atoms with van der Waals surface area (Å²) in [6, 6.07) is 11.8. The molecule has 14 heavy (non-hydrogen) atoms. The number of benzene rings is 1. The van der Waals surface area contributed by atoms with Crippen LogP contribution >= 0.6 is 11.6 Å². The third-order valence-electron chi connectivity index (χ3n) is 2.07. The van der Waals surface area contributed by atoms with Crippen LogP contribution < -0.4 is 0 Å². The van der Waals surface area contributed by atoms with Crippen molar-refractivity contribution < 1.29 is 0 Å². The van der Waals surface area contributed by atoms with Gasteiger partial charge in [-0.25, -0.2) is 0 Å². The lowest BCUT2D eigenvalue weighted by atomic mass is 10.1. The van der Waals surface area contributed by atoms with Crippen LogP contribution in [0.2, 0.25) is 5.02 Å². The Morgan fingerprint density at radius 1 is 1.14 bits per heavy atom. The first-order valence-corrected chi connectivity index (χ1v) is 4.83. The molecule has 0 unspecified atom stereocenters. The molecule has 0 aliphatic carbocycles. The summed E-state index contributed by atoms with van der Waals surface area (Å²) < 4.78 is 0. The molecule has 0 amide bonds. The van der Waals surface area contributed by atoms with Gasteiger partial charge in [-0.3, -0.25) is 4.98 Å². The minimum absolute atomic E-state index is 0.753. The van der Waals surface area contributed by atoms with Gasteiger partial charge in [0.05, 0.1) is 10.7 Å². The number of hydrogen-bond donors (Lipinski definition) is 0. The van der Waals surface area contributed by atoms with Crippen molar-refractivity contribution in [3.63, 3.8) is 0 Å². The summed E-state index contributed by atoms with van der Waals surface area (Å²) in [5, 5.41) is 0.753. The fraction of sp³-hybridized carbons (Fsp3) is 0.0833. The number of pyridine rings is 1. The van der Waals surface area contributed by atoms with E-state index in [0.29, 0.717) is 0 Å². The quantitative estimate of drug-likeness (QED) is 0.689. The number of rotatable bonds is 1. The molecule has 2 rings (SSSR count). The van der Waals surface area contributed by atoms with Crippen LogP contribution in [0, 0.1) is 6.92 Å². The van der Waals surface area contributed by atoms with Crippen LogP contribution in [0.4, 0.5) is 0 Å². The number of aryl methyl sites for hydroxylation is 1. The van der Waals surface area contributed by atoms with E-state index in [0.717, 1.165) is 21.8 Å². The molecule has 1 nitrogen and oxygen atoms in total. The Hall–Kier alpha value is -1.34. The van der Waals surface area contributed by atoms with Crippen molar-refractivity contribution in [3.8, 4) is 11.3 Å². The molecule has 0 atom stereocenters. The van der Waals surface area contributed by atoms with Crippen molar-refractivity contribution in [2.75, 3.05) is 0 Å². The largest absolute Gasteiger partial charge is 0.256 e. The van der Waals surface area contributed by atoms with E-state index < -0.39 is 0 Å². The molecule has 0 aliphatic rings. The predicted octanol–water partition coefficient (Wildman–Crippen LogP) is 3.71. The maximum Gasteiger partial charge on any atom is 0.0716 e. The molecular formula is C12H10ClN. The van der Waals surface area contributed by atoms with Gasteiger partial charge in [-0.15, -0.1) is 0 Å². The highest BCUT2D eigenvalue weighted by Crippen LogP contribution is 2.26. The predicted molar refractivity (Wildman–Crippen MR) is 59.4 cm³/mol. The molecule has 0 radical (unpaired) electrons. The molecule has 2 heteroatoms. The van der Waals surface area contributed by atoms with Gasteiger partial charge in [0.2, 0.25) is 0 Å². The average Bonchev–Trinajstić information content (AvgIpc) is 2.19. The van der Waals surface area contributed by atoms with Crippen LogP contribution in [0.5, 0.6) is 0 Å². The van der Waals surface area contributed by atoms with E-state index in [2.05, 4.69) is 4.98 Å². The molecule has 2 aromatic rings. The summed E-state index contributed by atoms with van der Waals surface area (Å²) in [6.45, 7) is 2.02. The first-order valence-electron chi connectivity index (χ1n) is 4.45. The SMILES string of the molecule is Cc1ccc(-c2ccccn2)c(Cl)c1. The van der Waals surface area contributed by atoms with Gasteiger partial charge >= 0.3 is 0 Å². The molecule has 1 heterocycles. The lowest BCUT2D eigenvalue weighted by molar-refractivity contribution is 1.32. The molecule has 70 valence electrons. The van der Waals surface area contributed by atoms with Crippen molar-refractivity contribution >= 4 is 11.6 Å². The molecule has 0 saturated heterocycles. The van der Waals surface area contributed by atoms with Crippen LogP contribution in [-0.2, 0) is 0 Å². The standard InChI is InChI=1S/C12H10ClN/c1-9-5-6-10(11(13)8-9)12-4-2-3-7-14-12/h2-8H,1H3. The van der Waals surface area contributed by atoms with Crippen molar-refractivity contribution in [3.05, 3.63) is 53.2 Å². The third kappa shape index (κ3) is 1.78. The molecule has 0 fully saturated rings. The minimum atomic E-state index is 0.753. The van der Waals surface area contributed by atoms with Gasteiger partial charge in [0, 0.05) is 11.8 Å². The topological polar surface area (TPSA) is 12.9 Å². The molecule has 0 spiro atoms. The second-order valence-electron chi connectivity index (χ2n) is 3.20. The second kappa shape index (κ2) is 3.81. The minimum Gasteiger partial charge on any atom is -0.256 e. The van der Waals surface area contributed by atoms with Crippen molar-refractivity contribution in [1.29, 1.82) is 0 Å². The van der Waals surface area contributed by atoms with E-state index in [-0.39, 0.29) is 0 Å². The lowest BCUT2D eigenvalue weighted by Gasteiger charge is -2.03. The van der Waals surface area contributed by atoms with Crippen molar-refractivity contribution in [1.82, 2.24) is 4.98 Å². The highest BCUT2D eigenvalue weighted by atomic mass is 35.5. The molecule has 0 N–H and O–H groups in total. The summed E-state index contributed by atoms with van der Waals surface area (Å²) in [7, 11) is 0. The zero-order valence-corrected chi connectivity index (χ0v) is 8.62. The molecular weight excluding hydrogens is 194 g/mol. The van der Waals surface area contributed by atoms with E-state index in [1.54, 1.807) is 6.20 Å². The van der Waals surface area contributed by atoms with Crippen LogP contribution in [0.15, 0.2) is 42.6 Å². The molecule has 0 saturated carbocycles. The fourth-order valence-electron chi connectivity index (χ4n) is 1.35. The van der Waals surface area contributed by atoms with Crippen LogP contribution in [0.1, 0.15) is 5.56 Å². The van der Waals surface area contributed by atoms with Gasteiger partial charge in [0.25, 0.3) is 0 Å². The monoisotopic (exact) mass is 203 g/mol. The van der Waals surface area contributed by atoms with E-state index in [4.69, 9.17) is 11.6 Å². The van der Waals surface area contributed by atoms with E-state index in [9.17, 15) is 0 Å². The van der Waals surface area contributed by atoms with E-state index in [1.807, 2.05) is 43.3 Å². The van der Waals surface area contributed by atoms with Gasteiger partial charge < -0.3 is 0 Å². The summed E-state index contributed by atoms with van der Waals surface area (Å²) in [4.78, 5) is 4.26. The second-order valence-corrected chi connectivity index (χ2v) is 3.61. The van der Waals surface area contributed by atoms with E-state index in [1.165, 1.54) is 0 Å². The Kier molecular flexibility index (Phi) is 2.51. The van der Waals surface area contributed by atoms with Gasteiger partial charge in [-0.1, -0.05) is 29.8 Å². The third-order valence-corrected chi connectivity index (χ3v) is 2.38. The fourth-order valence-corrected chi connectivity index (χ4v) is 1.68. The highest BCUT2D eigenvalue weighted by Gasteiger charge is 2.03. The summed E-state index contributed by atoms with van der Waals surface area (Å²) in [6.07, 6.45) is 1.77. The summed E-state index contributed by atoms with van der Waals surface area (Å²) in [5.74, 6) is 0. The maximum absolute atomic E-state index is 6.12. The molecule has 0 bridgehead atoms. The average molecular weight is 204 g/mol. The Labute approximate surface area is 88.4 Å². The van der Waals surface area contributed by atoms with Gasteiger partial charge in [-0.2, -0.15) is 0 Å². The number of halogens is 1. The highest BCUT2D eigenvalue weighted by molar-refractivity contribution is 6.33. The van der Waals surface area contributed by atoms with Gasteiger partial charge in [-0.05, 0) is 30.7 Å². The summed E-state index contributed by atoms with van der Waals surface area (Å²) in [5.41, 5.74) is 3.06. The first kappa shape index (κ1) is 9.22. The van der Waals surface area contributed by atoms with Gasteiger partial charge in [0.1, 0.15) is 0 Å². The van der Waals surface area contributed by atoms with Gasteiger partial charge in [0.15, 0.2) is 0 Å². The first-order chi connectivity index (χ1) is 6.77. The molecule has 0 aliphatic heterocycles.